The molecule has 1 aromatic heterocycles. The fourth-order valence-corrected chi connectivity index (χ4v) is 2.59. The summed E-state index contributed by atoms with van der Waals surface area (Å²) in [7, 11) is -3.11. The van der Waals surface area contributed by atoms with Crippen molar-refractivity contribution in [3.05, 3.63) is 20.9 Å². The van der Waals surface area contributed by atoms with Crippen molar-refractivity contribution >= 4 is 33.9 Å². The van der Waals surface area contributed by atoms with Crippen LogP contribution in [0.5, 0.6) is 0 Å². The lowest BCUT2D eigenvalue weighted by Crippen LogP contribution is -2.08. The average molecular weight is 336 g/mol. The first-order chi connectivity index (χ1) is 9.76. The summed E-state index contributed by atoms with van der Waals surface area (Å²) < 4.78 is 35.2. The molecule has 21 heavy (non-hydrogen) atoms. The molecule has 0 saturated heterocycles. The number of aryl methyl sites for hydroxylation is 1. The molecule has 0 N–H and O–H groups in total. The highest BCUT2D eigenvalue weighted by Crippen LogP contribution is 2.28. The predicted molar refractivity (Wildman–Crippen MR) is 75.4 cm³/mol. The molecule has 0 saturated carbocycles. The predicted octanol–water partition coefficient (Wildman–Crippen LogP) is 1.71. The summed E-state index contributed by atoms with van der Waals surface area (Å²) in [5.74, 6) is -0.761. The van der Waals surface area contributed by atoms with E-state index in [1.54, 1.807) is 27.7 Å². The van der Waals surface area contributed by atoms with Crippen molar-refractivity contribution in [1.29, 1.82) is 0 Å². The molecule has 0 aromatic carbocycles. The lowest BCUT2D eigenvalue weighted by molar-refractivity contribution is 0.0525. The lowest BCUT2D eigenvalue weighted by atomic mass is 10.1. The molecule has 0 spiro atoms. The lowest BCUT2D eigenvalue weighted by Gasteiger charge is -2.03. The second-order valence-corrected chi connectivity index (χ2v) is 5.27. The number of ether oxygens (including phenoxy) is 2. The Morgan fingerprint density at radius 3 is 1.86 bits per heavy atom. The van der Waals surface area contributed by atoms with E-state index in [9.17, 15) is 9.59 Å². The van der Waals surface area contributed by atoms with Gasteiger partial charge in [0.2, 0.25) is 0 Å². The average Bonchev–Trinajstić information content (AvgIpc) is 2.65. The largest absolute Gasteiger partial charge is 0.462 e. The van der Waals surface area contributed by atoms with Crippen LogP contribution in [-0.4, -0.2) is 37.8 Å². The van der Waals surface area contributed by atoms with Gasteiger partial charge in [-0.3, -0.25) is 0 Å². The molecule has 1 heterocycles. The van der Waals surface area contributed by atoms with E-state index in [-0.39, 0.29) is 11.9 Å². The van der Waals surface area contributed by atoms with Crippen LogP contribution in [-0.2, 0) is 20.1 Å². The molecule has 9 heteroatoms. The van der Waals surface area contributed by atoms with Gasteiger partial charge in [-0.2, -0.15) is 0 Å². The number of hydrogen-bond acceptors (Lipinski definition) is 8. The van der Waals surface area contributed by atoms with E-state index in [2.05, 4.69) is 0 Å². The van der Waals surface area contributed by atoms with Crippen LogP contribution in [0.4, 0.5) is 0 Å². The van der Waals surface area contributed by atoms with Gasteiger partial charge in [-0.15, -0.1) is 24.0 Å². The van der Waals surface area contributed by atoms with E-state index >= 15 is 0 Å². The van der Waals surface area contributed by atoms with Crippen molar-refractivity contribution in [1.82, 2.24) is 0 Å². The van der Waals surface area contributed by atoms with Crippen LogP contribution in [0.1, 0.15) is 44.3 Å². The van der Waals surface area contributed by atoms with Gasteiger partial charge in [0.15, 0.2) is 0 Å². The standard InChI is InChI=1S/C12H16O4S.O3S/c1-5-15-11(13)9-7(3)10(17-8(9)4)12(14)16-6-2;1-4(2)3/h5-6H2,1-4H3;. The fraction of sp³-hybridized carbons (Fsp3) is 0.500. The van der Waals surface area contributed by atoms with Gasteiger partial charge in [0.25, 0.3) is 0 Å². The number of carbonyl (C=O) groups excluding carboxylic acids is 2. The van der Waals surface area contributed by atoms with Gasteiger partial charge in [-0.25, -0.2) is 9.59 Å². The van der Waals surface area contributed by atoms with Crippen molar-refractivity contribution in [2.75, 3.05) is 13.2 Å². The quantitative estimate of drug-likeness (QED) is 0.771. The minimum absolute atomic E-state index is 0.322. The SMILES string of the molecule is CCOC(=O)c1sc(C)c(C(=O)OCC)c1C.O=S(=O)=O. The maximum Gasteiger partial charge on any atom is 0.425 e. The van der Waals surface area contributed by atoms with Gasteiger partial charge in [0.05, 0.1) is 18.8 Å². The zero-order valence-corrected chi connectivity index (χ0v) is 13.7. The molecule has 0 aliphatic heterocycles. The molecule has 0 radical (unpaired) electrons. The highest BCUT2D eigenvalue weighted by Gasteiger charge is 2.23. The summed E-state index contributed by atoms with van der Waals surface area (Å²) in [6, 6.07) is 0. The molecular weight excluding hydrogens is 320 g/mol. The smallest absolute Gasteiger partial charge is 0.425 e. The molecule has 1 aromatic rings. The third-order valence-electron chi connectivity index (χ3n) is 2.26. The molecule has 0 aliphatic rings. The van der Waals surface area contributed by atoms with E-state index in [1.807, 2.05) is 0 Å². The molecule has 0 amide bonds. The van der Waals surface area contributed by atoms with Crippen molar-refractivity contribution < 1.29 is 31.7 Å². The van der Waals surface area contributed by atoms with Gasteiger partial charge >= 0.3 is 22.5 Å². The van der Waals surface area contributed by atoms with E-state index in [0.717, 1.165) is 4.88 Å². The summed E-state index contributed by atoms with van der Waals surface area (Å²) in [5, 5.41) is 0. The topological polar surface area (TPSA) is 104 Å². The summed E-state index contributed by atoms with van der Waals surface area (Å²) in [5.41, 5.74) is 1.13. The Kier molecular flexibility index (Phi) is 8.48. The first kappa shape index (κ1) is 19.3. The molecule has 0 atom stereocenters. The molecule has 0 fully saturated rings. The molecule has 118 valence electrons. The number of esters is 2. The summed E-state index contributed by atoms with van der Waals surface area (Å²) in [6.45, 7) is 7.68. The Morgan fingerprint density at radius 2 is 1.43 bits per heavy atom. The van der Waals surface area contributed by atoms with Crippen LogP contribution in [0.3, 0.4) is 0 Å². The summed E-state index contributed by atoms with van der Waals surface area (Å²) >= 11 is 1.27. The van der Waals surface area contributed by atoms with Crippen LogP contribution in [0.25, 0.3) is 0 Å². The van der Waals surface area contributed by atoms with Gasteiger partial charge in [-0.05, 0) is 33.3 Å². The number of rotatable bonds is 4. The highest BCUT2D eigenvalue weighted by molar-refractivity contribution is 7.59. The Hall–Kier alpha value is -1.74. The van der Waals surface area contributed by atoms with Crippen LogP contribution in [0.2, 0.25) is 0 Å². The van der Waals surface area contributed by atoms with E-state index in [4.69, 9.17) is 22.1 Å². The normalized spacial score (nSPS) is 9.33. The summed E-state index contributed by atoms with van der Waals surface area (Å²) in [6.07, 6.45) is 0. The second kappa shape index (κ2) is 9.24. The number of thiophene rings is 1. The Morgan fingerprint density at radius 1 is 1.00 bits per heavy atom. The third kappa shape index (κ3) is 6.05. The summed E-state index contributed by atoms with van der Waals surface area (Å²) in [4.78, 5) is 24.6. The molecular formula is C12H16O7S2. The Balaban J connectivity index is 0.000000885. The van der Waals surface area contributed by atoms with Crippen molar-refractivity contribution in [3.8, 4) is 0 Å². The fourth-order valence-electron chi connectivity index (χ4n) is 1.55. The van der Waals surface area contributed by atoms with Crippen molar-refractivity contribution in [3.63, 3.8) is 0 Å². The minimum atomic E-state index is -3.11. The Bertz CT molecular complexity index is 607. The van der Waals surface area contributed by atoms with Crippen LogP contribution in [0.15, 0.2) is 0 Å². The van der Waals surface area contributed by atoms with E-state index in [1.165, 1.54) is 11.3 Å². The first-order valence-corrected chi connectivity index (χ1v) is 7.78. The number of carbonyl (C=O) groups is 2. The van der Waals surface area contributed by atoms with Crippen molar-refractivity contribution in [2.45, 2.75) is 27.7 Å². The molecule has 7 nitrogen and oxygen atoms in total. The first-order valence-electron chi connectivity index (χ1n) is 5.97. The van der Waals surface area contributed by atoms with Gasteiger partial charge in [0.1, 0.15) is 4.88 Å². The monoisotopic (exact) mass is 336 g/mol. The second-order valence-electron chi connectivity index (χ2n) is 3.63. The molecule has 1 rings (SSSR count). The van der Waals surface area contributed by atoms with Crippen LogP contribution in [0, 0.1) is 13.8 Å². The maximum absolute atomic E-state index is 11.7. The zero-order chi connectivity index (χ0) is 16.6. The van der Waals surface area contributed by atoms with Crippen LogP contribution < -0.4 is 0 Å². The minimum Gasteiger partial charge on any atom is -0.462 e. The van der Waals surface area contributed by atoms with Gasteiger partial charge in [0, 0.05) is 4.88 Å². The highest BCUT2D eigenvalue weighted by atomic mass is 32.2. The van der Waals surface area contributed by atoms with E-state index < -0.39 is 10.6 Å². The van der Waals surface area contributed by atoms with Gasteiger partial charge in [-0.1, -0.05) is 0 Å². The molecule has 0 unspecified atom stereocenters. The maximum atomic E-state index is 11.7. The molecule has 0 bridgehead atoms. The molecule has 0 aliphatic carbocycles. The Labute approximate surface area is 127 Å². The van der Waals surface area contributed by atoms with Crippen molar-refractivity contribution in [2.24, 2.45) is 0 Å². The van der Waals surface area contributed by atoms with Crippen LogP contribution >= 0.6 is 11.3 Å². The third-order valence-corrected chi connectivity index (χ3v) is 3.45. The number of hydrogen-bond donors (Lipinski definition) is 0. The van der Waals surface area contributed by atoms with E-state index in [0.29, 0.717) is 29.2 Å². The van der Waals surface area contributed by atoms with Gasteiger partial charge < -0.3 is 9.47 Å². The zero-order valence-electron chi connectivity index (χ0n) is 12.1.